The predicted molar refractivity (Wildman–Crippen MR) is 54.7 cm³/mol. The van der Waals surface area contributed by atoms with Crippen LogP contribution in [0.3, 0.4) is 0 Å². The van der Waals surface area contributed by atoms with E-state index in [-0.39, 0.29) is 17.7 Å². The largest absolute Gasteiger partial charge is 0.469 e. The van der Waals surface area contributed by atoms with E-state index in [1.807, 2.05) is 0 Å². The van der Waals surface area contributed by atoms with Crippen molar-refractivity contribution in [2.45, 2.75) is 6.42 Å². The zero-order chi connectivity index (χ0) is 10.8. The maximum Gasteiger partial charge on any atom is 0.309 e. The first-order valence-electron chi connectivity index (χ1n) is 4.31. The average molecular weight is 226 g/mol. The molecule has 1 aromatic heterocycles. The lowest BCUT2D eigenvalue weighted by molar-refractivity contribution is -0.139. The summed E-state index contributed by atoms with van der Waals surface area (Å²) in [5.41, 5.74) is 2.05. The van der Waals surface area contributed by atoms with E-state index in [4.69, 9.17) is 16.0 Å². The monoisotopic (exact) mass is 225 g/mol. The molecule has 0 aliphatic carbocycles. The molecule has 2 rings (SSSR count). The Morgan fingerprint density at radius 3 is 3.13 bits per heavy atom. The van der Waals surface area contributed by atoms with Crippen molar-refractivity contribution < 1.29 is 13.9 Å². The lowest BCUT2D eigenvalue weighted by atomic mass is 10.1. The summed E-state index contributed by atoms with van der Waals surface area (Å²) in [5.74, 6) is -0.292. The number of oxazole rings is 1. The number of aromatic nitrogens is 1. The van der Waals surface area contributed by atoms with E-state index in [9.17, 15) is 4.79 Å². The first-order chi connectivity index (χ1) is 7.19. The van der Waals surface area contributed by atoms with E-state index in [0.29, 0.717) is 11.1 Å². The topological polar surface area (TPSA) is 52.3 Å². The molecule has 15 heavy (non-hydrogen) atoms. The molecule has 0 aliphatic heterocycles. The quantitative estimate of drug-likeness (QED) is 0.736. The highest BCUT2D eigenvalue weighted by Gasteiger charge is 2.07. The third kappa shape index (κ3) is 2.10. The van der Waals surface area contributed by atoms with Crippen LogP contribution in [-0.2, 0) is 16.0 Å². The number of hydrogen-bond donors (Lipinski definition) is 0. The number of benzene rings is 1. The van der Waals surface area contributed by atoms with Gasteiger partial charge in [-0.2, -0.15) is 4.98 Å². The maximum absolute atomic E-state index is 11.0. The van der Waals surface area contributed by atoms with Crippen molar-refractivity contribution in [1.82, 2.24) is 4.98 Å². The first kappa shape index (κ1) is 9.98. The van der Waals surface area contributed by atoms with E-state index in [1.165, 1.54) is 7.11 Å². The molecule has 0 aliphatic rings. The number of rotatable bonds is 2. The Kier molecular flexibility index (Phi) is 2.60. The highest BCUT2D eigenvalue weighted by Crippen LogP contribution is 2.20. The Balaban J connectivity index is 2.33. The summed E-state index contributed by atoms with van der Waals surface area (Å²) in [6, 6.07) is 5.27. The van der Waals surface area contributed by atoms with Gasteiger partial charge in [0.2, 0.25) is 0 Å². The van der Waals surface area contributed by atoms with Gasteiger partial charge in [-0.15, -0.1) is 0 Å². The van der Waals surface area contributed by atoms with Gasteiger partial charge in [0, 0.05) is 0 Å². The van der Waals surface area contributed by atoms with Crippen molar-refractivity contribution in [2.24, 2.45) is 0 Å². The minimum Gasteiger partial charge on any atom is -0.469 e. The Morgan fingerprint density at radius 1 is 1.60 bits per heavy atom. The molecule has 2 aromatic rings. The maximum atomic E-state index is 11.0. The SMILES string of the molecule is COC(=O)Cc1ccc2nc(Cl)oc2c1. The fourth-order valence-electron chi connectivity index (χ4n) is 1.29. The van der Waals surface area contributed by atoms with E-state index in [0.717, 1.165) is 5.56 Å². The zero-order valence-corrected chi connectivity index (χ0v) is 8.75. The number of halogens is 1. The van der Waals surface area contributed by atoms with Crippen LogP contribution < -0.4 is 0 Å². The Labute approximate surface area is 90.8 Å². The van der Waals surface area contributed by atoms with Crippen LogP contribution in [0.1, 0.15) is 5.56 Å². The highest BCUT2D eigenvalue weighted by molar-refractivity contribution is 6.28. The summed E-state index contributed by atoms with van der Waals surface area (Å²) in [6.45, 7) is 0. The molecular weight excluding hydrogens is 218 g/mol. The molecule has 0 radical (unpaired) electrons. The van der Waals surface area contributed by atoms with Gasteiger partial charge < -0.3 is 9.15 Å². The van der Waals surface area contributed by atoms with E-state index >= 15 is 0 Å². The van der Waals surface area contributed by atoms with Crippen molar-refractivity contribution in [3.63, 3.8) is 0 Å². The second-order valence-electron chi connectivity index (χ2n) is 3.02. The third-order valence-electron chi connectivity index (χ3n) is 2.00. The average Bonchev–Trinajstić information content (AvgIpc) is 2.57. The second kappa shape index (κ2) is 3.90. The highest BCUT2D eigenvalue weighted by atomic mass is 35.5. The number of ether oxygens (including phenoxy) is 1. The molecule has 5 heteroatoms. The Bertz CT molecular complexity index is 506. The summed E-state index contributed by atoms with van der Waals surface area (Å²) >= 11 is 5.60. The van der Waals surface area contributed by atoms with Crippen LogP contribution in [0, 0.1) is 0 Å². The number of carbonyl (C=O) groups excluding carboxylic acids is 1. The Morgan fingerprint density at radius 2 is 2.40 bits per heavy atom. The van der Waals surface area contributed by atoms with Gasteiger partial charge in [-0.3, -0.25) is 4.79 Å². The van der Waals surface area contributed by atoms with Crippen LogP contribution in [0.25, 0.3) is 11.1 Å². The number of methoxy groups -OCH3 is 1. The molecule has 0 N–H and O–H groups in total. The number of hydrogen-bond acceptors (Lipinski definition) is 4. The van der Waals surface area contributed by atoms with E-state index < -0.39 is 0 Å². The van der Waals surface area contributed by atoms with Crippen molar-refractivity contribution in [1.29, 1.82) is 0 Å². The minimum absolute atomic E-state index is 0.0974. The van der Waals surface area contributed by atoms with E-state index in [2.05, 4.69) is 9.72 Å². The lowest BCUT2D eigenvalue weighted by Gasteiger charge is -1.98. The molecular formula is C10H8ClNO3. The number of fused-ring (bicyclic) bond motifs is 1. The van der Waals surface area contributed by atoms with Gasteiger partial charge in [0.1, 0.15) is 5.52 Å². The summed E-state index contributed by atoms with van der Waals surface area (Å²) < 4.78 is 9.69. The molecule has 0 unspecified atom stereocenters. The molecule has 78 valence electrons. The number of nitrogens with zero attached hydrogens (tertiary/aromatic N) is 1. The van der Waals surface area contributed by atoms with Crippen LogP contribution in [-0.4, -0.2) is 18.1 Å². The van der Waals surface area contributed by atoms with Gasteiger partial charge in [-0.1, -0.05) is 6.07 Å². The third-order valence-corrected chi connectivity index (χ3v) is 2.16. The minimum atomic E-state index is -0.292. The van der Waals surface area contributed by atoms with Crippen LogP contribution in [0.15, 0.2) is 22.6 Å². The molecule has 0 amide bonds. The normalized spacial score (nSPS) is 10.5. The standard InChI is InChI=1S/C10H8ClNO3/c1-14-9(13)5-6-2-3-7-8(4-6)15-10(11)12-7/h2-4H,5H2,1H3. The molecule has 1 aromatic carbocycles. The molecule has 0 saturated carbocycles. The van der Waals surface area contributed by atoms with Gasteiger partial charge in [0.25, 0.3) is 5.35 Å². The van der Waals surface area contributed by atoms with Gasteiger partial charge >= 0.3 is 5.97 Å². The van der Waals surface area contributed by atoms with Crippen molar-refractivity contribution in [3.05, 3.63) is 29.1 Å². The van der Waals surface area contributed by atoms with Crippen molar-refractivity contribution in [3.8, 4) is 0 Å². The smallest absolute Gasteiger partial charge is 0.309 e. The summed E-state index contributed by atoms with van der Waals surface area (Å²) in [4.78, 5) is 15.0. The summed E-state index contributed by atoms with van der Waals surface area (Å²) in [6.07, 6.45) is 0.213. The van der Waals surface area contributed by atoms with Crippen molar-refractivity contribution >= 4 is 28.7 Å². The van der Waals surface area contributed by atoms with Crippen LogP contribution in [0.2, 0.25) is 5.35 Å². The molecule has 0 bridgehead atoms. The molecule has 0 spiro atoms. The Hall–Kier alpha value is -1.55. The molecule has 4 nitrogen and oxygen atoms in total. The molecule has 0 fully saturated rings. The van der Waals surface area contributed by atoms with Crippen LogP contribution in [0.4, 0.5) is 0 Å². The number of esters is 1. The van der Waals surface area contributed by atoms with E-state index in [1.54, 1.807) is 18.2 Å². The van der Waals surface area contributed by atoms with Gasteiger partial charge in [-0.05, 0) is 29.3 Å². The fraction of sp³-hybridized carbons (Fsp3) is 0.200. The summed E-state index contributed by atoms with van der Waals surface area (Å²) in [7, 11) is 1.35. The fourth-order valence-corrected chi connectivity index (χ4v) is 1.46. The van der Waals surface area contributed by atoms with Gasteiger partial charge in [-0.25, -0.2) is 0 Å². The van der Waals surface area contributed by atoms with Gasteiger partial charge in [0.05, 0.1) is 13.5 Å². The first-order valence-corrected chi connectivity index (χ1v) is 4.68. The number of carbonyl (C=O) groups is 1. The van der Waals surface area contributed by atoms with Crippen molar-refractivity contribution in [2.75, 3.05) is 7.11 Å². The zero-order valence-electron chi connectivity index (χ0n) is 7.99. The van der Waals surface area contributed by atoms with Crippen LogP contribution in [0.5, 0.6) is 0 Å². The molecule has 1 heterocycles. The van der Waals surface area contributed by atoms with Gasteiger partial charge in [0.15, 0.2) is 5.58 Å². The van der Waals surface area contributed by atoms with Crippen LogP contribution >= 0.6 is 11.6 Å². The second-order valence-corrected chi connectivity index (χ2v) is 3.35. The molecule has 0 atom stereocenters. The molecule has 0 saturated heterocycles. The lowest BCUT2D eigenvalue weighted by Crippen LogP contribution is -2.03. The predicted octanol–water partition coefficient (Wildman–Crippen LogP) is 2.20. The summed E-state index contributed by atoms with van der Waals surface area (Å²) in [5, 5.41) is 0.0974.